The van der Waals surface area contributed by atoms with Crippen molar-refractivity contribution in [3.8, 4) is 0 Å². The van der Waals surface area contributed by atoms with Crippen molar-refractivity contribution in [2.45, 2.75) is 17.5 Å². The molecular formula is C22H18ClFN6O2S. The average molecular weight is 485 g/mol. The van der Waals surface area contributed by atoms with E-state index in [2.05, 4.69) is 10.2 Å². The van der Waals surface area contributed by atoms with Gasteiger partial charge in [0.2, 0.25) is 5.78 Å². The summed E-state index contributed by atoms with van der Waals surface area (Å²) in [5, 5.41) is 9.65. The van der Waals surface area contributed by atoms with Gasteiger partial charge in [-0.25, -0.2) is 13.6 Å². The first-order valence-corrected chi connectivity index (χ1v) is 11.4. The van der Waals surface area contributed by atoms with Crippen molar-refractivity contribution in [3.05, 3.63) is 91.3 Å². The third-order valence-corrected chi connectivity index (χ3v) is 6.75. The molecule has 0 amide bonds. The maximum absolute atomic E-state index is 14.1. The predicted molar refractivity (Wildman–Crippen MR) is 125 cm³/mol. The summed E-state index contributed by atoms with van der Waals surface area (Å²) >= 11 is 7.29. The van der Waals surface area contributed by atoms with Gasteiger partial charge in [-0.2, -0.15) is 0 Å². The van der Waals surface area contributed by atoms with Gasteiger partial charge in [-0.3, -0.25) is 18.5 Å². The molecule has 0 fully saturated rings. The van der Waals surface area contributed by atoms with Gasteiger partial charge < -0.3 is 0 Å². The molecule has 3 aromatic heterocycles. The van der Waals surface area contributed by atoms with Gasteiger partial charge in [0.25, 0.3) is 5.56 Å². The number of fused-ring (bicyclic) bond motifs is 3. The first kappa shape index (κ1) is 21.5. The lowest BCUT2D eigenvalue weighted by Crippen LogP contribution is -2.37. The van der Waals surface area contributed by atoms with E-state index in [-0.39, 0.29) is 5.82 Å². The lowest BCUT2D eigenvalue weighted by Gasteiger charge is -2.08. The molecule has 0 N–H and O–H groups in total. The predicted octanol–water partition coefficient (Wildman–Crippen LogP) is 3.21. The molecule has 3 heterocycles. The molecule has 0 spiro atoms. The van der Waals surface area contributed by atoms with E-state index in [1.165, 1.54) is 29.4 Å². The molecule has 0 unspecified atom stereocenters. The highest BCUT2D eigenvalue weighted by Gasteiger charge is 2.24. The third-order valence-electron chi connectivity index (χ3n) is 5.52. The fourth-order valence-electron chi connectivity index (χ4n) is 3.80. The first-order valence-electron chi connectivity index (χ1n) is 10.0. The lowest BCUT2D eigenvalue weighted by atomic mass is 10.2. The summed E-state index contributed by atoms with van der Waals surface area (Å²) in [6.45, 7) is 0.327. The van der Waals surface area contributed by atoms with Gasteiger partial charge in [0.15, 0.2) is 16.3 Å². The lowest BCUT2D eigenvalue weighted by molar-refractivity contribution is 0.617. The van der Waals surface area contributed by atoms with E-state index >= 15 is 0 Å². The van der Waals surface area contributed by atoms with Crippen molar-refractivity contribution >= 4 is 40.3 Å². The van der Waals surface area contributed by atoms with Crippen LogP contribution in [0.25, 0.3) is 16.9 Å². The van der Waals surface area contributed by atoms with E-state index < -0.39 is 11.2 Å². The maximum atomic E-state index is 14.1. The van der Waals surface area contributed by atoms with Gasteiger partial charge >= 0.3 is 5.69 Å². The van der Waals surface area contributed by atoms with E-state index in [0.717, 1.165) is 10.1 Å². The minimum absolute atomic E-state index is 0.308. The smallest absolute Gasteiger partial charge is 0.298 e. The van der Waals surface area contributed by atoms with Crippen LogP contribution in [0.2, 0.25) is 5.02 Å². The maximum Gasteiger partial charge on any atom is 0.332 e. The minimum atomic E-state index is -0.461. The molecule has 168 valence electrons. The second-order valence-corrected chi connectivity index (χ2v) is 8.97. The fourth-order valence-corrected chi connectivity index (χ4v) is 4.84. The van der Waals surface area contributed by atoms with E-state index in [4.69, 9.17) is 11.6 Å². The topological polar surface area (TPSA) is 79.1 Å². The second-order valence-electron chi connectivity index (χ2n) is 7.59. The van der Waals surface area contributed by atoms with Crippen molar-refractivity contribution in [1.29, 1.82) is 0 Å². The standard InChI is InChI=1S/C22H18ClFN6O2S/c1-27-18-17(19(31)28(2)22(27)32)29(11-13-7-9-15(23)10-8-13)20-25-26-21(30(18)20)33-12-14-5-3-4-6-16(14)24/h3-10H,11-12H2,1-2H3. The summed E-state index contributed by atoms with van der Waals surface area (Å²) in [6, 6.07) is 13.8. The summed E-state index contributed by atoms with van der Waals surface area (Å²) in [7, 11) is 3.04. The Balaban J connectivity index is 1.72. The molecule has 0 aliphatic heterocycles. The Morgan fingerprint density at radius 1 is 1.00 bits per heavy atom. The van der Waals surface area contributed by atoms with Crippen LogP contribution in [-0.4, -0.2) is 28.3 Å². The van der Waals surface area contributed by atoms with Gasteiger partial charge in [0.1, 0.15) is 5.82 Å². The zero-order valence-electron chi connectivity index (χ0n) is 17.7. The summed E-state index contributed by atoms with van der Waals surface area (Å²) in [4.78, 5) is 25.9. The summed E-state index contributed by atoms with van der Waals surface area (Å²) in [6.07, 6.45) is 0. The molecule has 2 aromatic carbocycles. The van der Waals surface area contributed by atoms with Crippen LogP contribution < -0.4 is 11.2 Å². The van der Waals surface area contributed by atoms with Gasteiger partial charge in [0.05, 0.1) is 6.54 Å². The molecule has 0 aliphatic carbocycles. The van der Waals surface area contributed by atoms with E-state index in [0.29, 0.717) is 45.0 Å². The van der Waals surface area contributed by atoms with Crippen LogP contribution in [0, 0.1) is 5.82 Å². The number of aryl methyl sites for hydroxylation is 1. The van der Waals surface area contributed by atoms with E-state index in [1.807, 2.05) is 12.1 Å². The van der Waals surface area contributed by atoms with Gasteiger partial charge in [-0.1, -0.05) is 53.7 Å². The summed E-state index contributed by atoms with van der Waals surface area (Å²) in [5.74, 6) is 0.419. The Hall–Kier alpha value is -3.37. The van der Waals surface area contributed by atoms with Gasteiger partial charge in [0, 0.05) is 24.9 Å². The fraction of sp³-hybridized carbons (Fsp3) is 0.182. The summed E-state index contributed by atoms with van der Waals surface area (Å²) < 4.78 is 20.0. The zero-order chi connectivity index (χ0) is 23.3. The SMILES string of the molecule is Cn1c(=O)c2c(n(C)c1=O)n1c(SCc3ccccc3F)nnc1n2Cc1ccc(Cl)cc1. The van der Waals surface area contributed by atoms with E-state index in [9.17, 15) is 14.0 Å². The Labute approximate surface area is 195 Å². The normalized spacial score (nSPS) is 11.6. The molecular weight excluding hydrogens is 467 g/mol. The molecule has 0 aliphatic rings. The molecule has 8 nitrogen and oxygen atoms in total. The number of benzene rings is 2. The summed E-state index contributed by atoms with van der Waals surface area (Å²) in [5.41, 5.74) is 1.24. The number of rotatable bonds is 5. The quantitative estimate of drug-likeness (QED) is 0.358. The molecule has 0 atom stereocenters. The average Bonchev–Trinajstić information content (AvgIpc) is 3.36. The molecule has 0 saturated carbocycles. The molecule has 0 bridgehead atoms. The number of imidazole rings is 1. The number of hydrogen-bond acceptors (Lipinski definition) is 5. The molecule has 5 aromatic rings. The highest BCUT2D eigenvalue weighted by molar-refractivity contribution is 7.98. The molecule has 5 rings (SSSR count). The Morgan fingerprint density at radius 3 is 2.45 bits per heavy atom. The van der Waals surface area contributed by atoms with Crippen LogP contribution >= 0.6 is 23.4 Å². The molecule has 0 saturated heterocycles. The number of thioether (sulfide) groups is 1. The van der Waals surface area contributed by atoms with Crippen molar-refractivity contribution in [2.75, 3.05) is 0 Å². The number of aromatic nitrogens is 6. The van der Waals surface area contributed by atoms with Crippen LogP contribution in [0.15, 0.2) is 63.3 Å². The van der Waals surface area contributed by atoms with Gasteiger partial charge in [-0.15, -0.1) is 10.2 Å². The van der Waals surface area contributed by atoms with Crippen LogP contribution in [0.4, 0.5) is 4.39 Å². The monoisotopic (exact) mass is 484 g/mol. The van der Waals surface area contributed by atoms with Crippen molar-refractivity contribution < 1.29 is 4.39 Å². The Morgan fingerprint density at radius 2 is 1.73 bits per heavy atom. The van der Waals surface area contributed by atoms with Crippen LogP contribution in [0.1, 0.15) is 11.1 Å². The van der Waals surface area contributed by atoms with Gasteiger partial charge in [-0.05, 0) is 29.3 Å². The van der Waals surface area contributed by atoms with Crippen LogP contribution in [-0.2, 0) is 26.4 Å². The Kier molecular flexibility index (Phi) is 5.34. The number of nitrogens with zero attached hydrogens (tertiary/aromatic N) is 6. The first-order chi connectivity index (χ1) is 15.9. The van der Waals surface area contributed by atoms with Crippen LogP contribution in [0.5, 0.6) is 0 Å². The molecule has 33 heavy (non-hydrogen) atoms. The number of hydrogen-bond donors (Lipinski definition) is 0. The van der Waals surface area contributed by atoms with Crippen molar-refractivity contribution in [1.82, 2.24) is 28.3 Å². The number of halogens is 2. The molecule has 0 radical (unpaired) electrons. The second kappa shape index (κ2) is 8.20. The van der Waals surface area contributed by atoms with Crippen molar-refractivity contribution in [3.63, 3.8) is 0 Å². The van der Waals surface area contributed by atoms with Crippen LogP contribution in [0.3, 0.4) is 0 Å². The highest BCUT2D eigenvalue weighted by Crippen LogP contribution is 2.27. The van der Waals surface area contributed by atoms with E-state index in [1.54, 1.807) is 46.3 Å². The molecule has 11 heteroatoms. The third kappa shape index (κ3) is 3.55. The Bertz CT molecular complexity index is 1630. The highest BCUT2D eigenvalue weighted by atomic mass is 35.5. The van der Waals surface area contributed by atoms with Crippen molar-refractivity contribution in [2.24, 2.45) is 14.1 Å². The zero-order valence-corrected chi connectivity index (χ0v) is 19.3. The largest absolute Gasteiger partial charge is 0.332 e. The minimum Gasteiger partial charge on any atom is -0.298 e.